The van der Waals surface area contributed by atoms with Gasteiger partial charge in [0, 0.05) is 36.4 Å². The van der Waals surface area contributed by atoms with E-state index in [1.807, 2.05) is 29.9 Å². The topological polar surface area (TPSA) is 84.8 Å². The largest absolute Gasteiger partial charge is 0.493 e. The highest BCUT2D eigenvalue weighted by Gasteiger charge is 2.29. The van der Waals surface area contributed by atoms with Crippen LogP contribution in [-0.4, -0.2) is 45.7 Å². The molecule has 7 nitrogen and oxygen atoms in total. The minimum Gasteiger partial charge on any atom is -0.493 e. The molecule has 0 radical (unpaired) electrons. The summed E-state index contributed by atoms with van der Waals surface area (Å²) >= 11 is 6.16. The Hall–Kier alpha value is -3.23. The number of halogens is 2. The van der Waals surface area contributed by atoms with Gasteiger partial charge in [-0.25, -0.2) is 9.37 Å². The maximum absolute atomic E-state index is 13.7. The van der Waals surface area contributed by atoms with E-state index in [4.69, 9.17) is 21.3 Å². The standard InChI is InChI=1S/C23H21ClFN5O2/c1-26-6-7-30-11-18(16-3-4-19(28-23(16)30)17-10-27-29-22(17)24)21(31)14-8-13-9-15(25)2-5-20(13)32-12-14/h2-5,9-11,14,26H,6-8,12H2,1H3,(H,27,29). The number of likely N-dealkylation sites (N-methyl/N-ethyl adjacent to an activating group) is 1. The molecule has 9 heteroatoms. The molecule has 32 heavy (non-hydrogen) atoms. The Bertz CT molecular complexity index is 1320. The van der Waals surface area contributed by atoms with Gasteiger partial charge in [-0.3, -0.25) is 9.89 Å². The number of nitrogens with one attached hydrogen (secondary N) is 2. The zero-order valence-electron chi connectivity index (χ0n) is 17.4. The third kappa shape index (κ3) is 3.65. The summed E-state index contributed by atoms with van der Waals surface area (Å²) in [5, 5.41) is 10.9. The predicted molar refractivity (Wildman–Crippen MR) is 120 cm³/mol. The van der Waals surface area contributed by atoms with Crippen LogP contribution in [0, 0.1) is 11.7 Å². The van der Waals surface area contributed by atoms with E-state index in [0.717, 1.165) is 11.9 Å². The highest BCUT2D eigenvalue weighted by Crippen LogP contribution is 2.33. The summed E-state index contributed by atoms with van der Waals surface area (Å²) in [7, 11) is 1.87. The van der Waals surface area contributed by atoms with Crippen molar-refractivity contribution in [2.75, 3.05) is 20.2 Å². The zero-order valence-corrected chi connectivity index (χ0v) is 18.1. The molecule has 0 aliphatic carbocycles. The molecule has 0 amide bonds. The van der Waals surface area contributed by atoms with Gasteiger partial charge in [-0.2, -0.15) is 5.10 Å². The molecule has 5 rings (SSSR count). The highest BCUT2D eigenvalue weighted by molar-refractivity contribution is 6.32. The zero-order chi connectivity index (χ0) is 22.2. The molecule has 164 valence electrons. The maximum atomic E-state index is 13.7. The number of hydrogen-bond donors (Lipinski definition) is 2. The number of carbonyl (C=O) groups excluding carboxylic acids is 1. The Morgan fingerprint density at radius 1 is 1.38 bits per heavy atom. The molecule has 0 fully saturated rings. The fraction of sp³-hybridized carbons (Fsp3) is 0.261. The van der Waals surface area contributed by atoms with Gasteiger partial charge in [0.2, 0.25) is 0 Å². The number of hydrogen-bond acceptors (Lipinski definition) is 5. The minimum atomic E-state index is -0.393. The highest BCUT2D eigenvalue weighted by atomic mass is 35.5. The average molecular weight is 454 g/mol. The summed E-state index contributed by atoms with van der Waals surface area (Å²) in [6.07, 6.45) is 3.98. The minimum absolute atomic E-state index is 0.0380. The number of carbonyl (C=O) groups is 1. The van der Waals surface area contributed by atoms with E-state index in [2.05, 4.69) is 15.5 Å². The number of ketones is 1. The fourth-order valence-corrected chi connectivity index (χ4v) is 4.32. The molecule has 1 aliphatic rings. The monoisotopic (exact) mass is 453 g/mol. The van der Waals surface area contributed by atoms with Crippen LogP contribution in [0.3, 0.4) is 0 Å². The second kappa shape index (κ2) is 8.37. The van der Waals surface area contributed by atoms with Crippen LogP contribution in [0.1, 0.15) is 15.9 Å². The van der Waals surface area contributed by atoms with Crippen molar-refractivity contribution < 1.29 is 13.9 Å². The molecule has 4 aromatic rings. The number of ether oxygens (including phenoxy) is 1. The molecule has 1 unspecified atom stereocenters. The average Bonchev–Trinajstić information content (AvgIpc) is 3.39. The van der Waals surface area contributed by atoms with Crippen molar-refractivity contribution in [3.05, 3.63) is 64.8 Å². The van der Waals surface area contributed by atoms with Crippen LogP contribution in [0.4, 0.5) is 4.39 Å². The second-order valence-corrected chi connectivity index (χ2v) is 8.18. The van der Waals surface area contributed by atoms with Crippen LogP contribution >= 0.6 is 11.6 Å². The number of benzene rings is 1. The van der Waals surface area contributed by atoms with Crippen LogP contribution in [0.2, 0.25) is 5.15 Å². The van der Waals surface area contributed by atoms with E-state index in [1.165, 1.54) is 12.1 Å². The van der Waals surface area contributed by atoms with Crippen molar-refractivity contribution in [1.29, 1.82) is 0 Å². The number of Topliss-reactive ketones (excluding diaryl/α,β-unsaturated/α-hetero) is 1. The number of aromatic amines is 1. The normalized spacial score (nSPS) is 15.5. The molecule has 0 bridgehead atoms. The van der Waals surface area contributed by atoms with Crippen LogP contribution in [0.25, 0.3) is 22.3 Å². The Labute approximate surface area is 188 Å². The van der Waals surface area contributed by atoms with Crippen molar-refractivity contribution in [2.24, 2.45) is 5.92 Å². The molecular formula is C23H21ClFN5O2. The number of pyridine rings is 1. The first-order valence-electron chi connectivity index (χ1n) is 10.3. The van der Waals surface area contributed by atoms with Crippen LogP contribution < -0.4 is 10.1 Å². The van der Waals surface area contributed by atoms with Crippen molar-refractivity contribution >= 4 is 28.4 Å². The summed E-state index contributed by atoms with van der Waals surface area (Å²) in [6, 6.07) is 8.14. The Morgan fingerprint density at radius 2 is 2.25 bits per heavy atom. The summed E-state index contributed by atoms with van der Waals surface area (Å²) in [4.78, 5) is 18.3. The molecule has 0 saturated heterocycles. The van der Waals surface area contributed by atoms with E-state index in [1.54, 1.807) is 12.3 Å². The van der Waals surface area contributed by atoms with E-state index in [0.29, 0.717) is 51.9 Å². The molecular weight excluding hydrogens is 433 g/mol. The summed E-state index contributed by atoms with van der Waals surface area (Å²) in [6.45, 7) is 1.62. The third-order valence-electron chi connectivity index (χ3n) is 5.76. The summed E-state index contributed by atoms with van der Waals surface area (Å²) in [5.74, 6) is -0.131. The number of fused-ring (bicyclic) bond motifs is 2. The van der Waals surface area contributed by atoms with Gasteiger partial charge in [-0.05, 0) is 49.4 Å². The van der Waals surface area contributed by atoms with Gasteiger partial charge in [0.15, 0.2) is 10.9 Å². The first-order chi connectivity index (χ1) is 15.5. The molecule has 1 aromatic carbocycles. The lowest BCUT2D eigenvalue weighted by Crippen LogP contribution is -2.28. The lowest BCUT2D eigenvalue weighted by molar-refractivity contribution is 0.0856. The van der Waals surface area contributed by atoms with Crippen molar-refractivity contribution in [1.82, 2.24) is 25.1 Å². The smallest absolute Gasteiger partial charge is 0.171 e. The lowest BCUT2D eigenvalue weighted by atomic mass is 9.90. The molecule has 1 atom stereocenters. The first kappa shape index (κ1) is 20.7. The van der Waals surface area contributed by atoms with Crippen molar-refractivity contribution in [3.63, 3.8) is 0 Å². The maximum Gasteiger partial charge on any atom is 0.171 e. The Balaban J connectivity index is 1.53. The number of aromatic nitrogens is 4. The number of H-pyrrole nitrogens is 1. The third-order valence-corrected chi connectivity index (χ3v) is 6.05. The van der Waals surface area contributed by atoms with E-state index >= 15 is 0 Å². The van der Waals surface area contributed by atoms with Crippen molar-refractivity contribution in [3.8, 4) is 17.0 Å². The van der Waals surface area contributed by atoms with Gasteiger partial charge in [0.05, 0.1) is 23.8 Å². The van der Waals surface area contributed by atoms with Crippen molar-refractivity contribution in [2.45, 2.75) is 13.0 Å². The van der Waals surface area contributed by atoms with Crippen LogP contribution in [0.5, 0.6) is 5.75 Å². The first-order valence-corrected chi connectivity index (χ1v) is 10.7. The van der Waals surface area contributed by atoms with E-state index in [-0.39, 0.29) is 18.2 Å². The molecule has 2 N–H and O–H groups in total. The van der Waals surface area contributed by atoms with Crippen LogP contribution in [-0.2, 0) is 13.0 Å². The summed E-state index contributed by atoms with van der Waals surface area (Å²) in [5.41, 5.74) is 3.36. The van der Waals surface area contributed by atoms with Crippen LogP contribution in [0.15, 0.2) is 42.7 Å². The van der Waals surface area contributed by atoms with E-state index < -0.39 is 5.92 Å². The van der Waals surface area contributed by atoms with Gasteiger partial charge < -0.3 is 14.6 Å². The van der Waals surface area contributed by atoms with Gasteiger partial charge in [-0.15, -0.1) is 0 Å². The van der Waals surface area contributed by atoms with Gasteiger partial charge in [0.1, 0.15) is 17.2 Å². The molecule has 3 aromatic heterocycles. The molecule has 0 spiro atoms. The van der Waals surface area contributed by atoms with Gasteiger partial charge in [-0.1, -0.05) is 11.6 Å². The Kier molecular flexibility index (Phi) is 5.40. The summed E-state index contributed by atoms with van der Waals surface area (Å²) < 4.78 is 21.4. The molecule has 0 saturated carbocycles. The van der Waals surface area contributed by atoms with Gasteiger partial charge in [0.25, 0.3) is 0 Å². The predicted octanol–water partition coefficient (Wildman–Crippen LogP) is 3.87. The van der Waals surface area contributed by atoms with E-state index in [9.17, 15) is 9.18 Å². The SMILES string of the molecule is CNCCn1cc(C(=O)C2COc3ccc(F)cc3C2)c2ccc(-c3c[nH]nc3Cl)nc21. The lowest BCUT2D eigenvalue weighted by Gasteiger charge is -2.24. The Morgan fingerprint density at radius 3 is 3.03 bits per heavy atom. The number of nitrogens with zero attached hydrogens (tertiary/aromatic N) is 3. The quantitative estimate of drug-likeness (QED) is 0.433. The molecule has 4 heterocycles. The van der Waals surface area contributed by atoms with Gasteiger partial charge >= 0.3 is 0 Å². The fourth-order valence-electron chi connectivity index (χ4n) is 4.12. The molecule has 1 aliphatic heterocycles. The second-order valence-electron chi connectivity index (χ2n) is 7.83. The number of rotatable bonds is 6.